The van der Waals surface area contributed by atoms with Crippen LogP contribution in [-0.2, 0) is 6.42 Å². The van der Waals surface area contributed by atoms with Crippen LogP contribution in [0.1, 0.15) is 42.4 Å². The van der Waals surface area contributed by atoms with E-state index in [0.717, 1.165) is 19.5 Å². The van der Waals surface area contributed by atoms with Crippen LogP contribution in [-0.4, -0.2) is 18.9 Å². The van der Waals surface area contributed by atoms with Gasteiger partial charge in [-0.1, -0.05) is 24.6 Å². The van der Waals surface area contributed by atoms with Crippen molar-refractivity contribution >= 4 is 5.84 Å². The molecule has 1 aromatic rings. The van der Waals surface area contributed by atoms with Gasteiger partial charge in [-0.15, -0.1) is 0 Å². The van der Waals surface area contributed by atoms with Crippen molar-refractivity contribution in [1.29, 1.82) is 0 Å². The number of nitrogens with zero attached hydrogens (tertiary/aromatic N) is 1. The molecule has 0 bridgehead atoms. The molecule has 0 saturated carbocycles. The van der Waals surface area contributed by atoms with Gasteiger partial charge in [0.1, 0.15) is 0 Å². The molecule has 0 fully saturated rings. The molecular formula is C16H24N2. The van der Waals surface area contributed by atoms with Crippen molar-refractivity contribution in [3.8, 4) is 0 Å². The predicted octanol–water partition coefficient (Wildman–Crippen LogP) is 3.41. The van der Waals surface area contributed by atoms with Gasteiger partial charge in [-0.2, -0.15) is 0 Å². The van der Waals surface area contributed by atoms with Crippen LogP contribution >= 0.6 is 0 Å². The van der Waals surface area contributed by atoms with E-state index < -0.39 is 0 Å². The van der Waals surface area contributed by atoms with E-state index in [0.29, 0.717) is 0 Å². The third-order valence-corrected chi connectivity index (χ3v) is 3.73. The van der Waals surface area contributed by atoms with E-state index in [1.165, 1.54) is 42.6 Å². The van der Waals surface area contributed by atoms with E-state index in [1.54, 1.807) is 5.56 Å². The maximum atomic E-state index is 4.43. The van der Waals surface area contributed by atoms with Crippen LogP contribution in [0.5, 0.6) is 0 Å². The number of hydrogen-bond acceptors (Lipinski definition) is 2. The molecule has 0 aliphatic carbocycles. The first-order chi connectivity index (χ1) is 8.77. The first kappa shape index (κ1) is 13.1. The lowest BCUT2D eigenvalue weighted by molar-refractivity contribution is 0.689. The van der Waals surface area contributed by atoms with Crippen molar-refractivity contribution in [3.05, 3.63) is 34.9 Å². The molecule has 98 valence electrons. The highest BCUT2D eigenvalue weighted by Gasteiger charge is 2.05. The Labute approximate surface area is 111 Å². The second kappa shape index (κ2) is 6.58. The third-order valence-electron chi connectivity index (χ3n) is 3.73. The lowest BCUT2D eigenvalue weighted by Gasteiger charge is -2.09. The number of nitrogens with one attached hydrogen (secondary N) is 1. The Morgan fingerprint density at radius 2 is 1.78 bits per heavy atom. The minimum absolute atomic E-state index is 0.970. The third kappa shape index (κ3) is 3.59. The van der Waals surface area contributed by atoms with Gasteiger partial charge in [-0.3, -0.25) is 4.99 Å². The molecule has 0 aromatic heterocycles. The summed E-state index contributed by atoms with van der Waals surface area (Å²) in [5.41, 5.74) is 4.43. The molecule has 1 N–H and O–H groups in total. The molecule has 0 amide bonds. The van der Waals surface area contributed by atoms with Crippen LogP contribution in [0, 0.1) is 13.8 Å². The van der Waals surface area contributed by atoms with E-state index in [9.17, 15) is 0 Å². The Morgan fingerprint density at radius 1 is 1.06 bits per heavy atom. The van der Waals surface area contributed by atoms with E-state index >= 15 is 0 Å². The van der Waals surface area contributed by atoms with Gasteiger partial charge in [-0.05, 0) is 49.8 Å². The summed E-state index contributed by atoms with van der Waals surface area (Å²) in [5, 5.41) is 3.33. The van der Waals surface area contributed by atoms with Crippen LogP contribution < -0.4 is 5.32 Å². The number of aliphatic imine (C=N–C) groups is 1. The largest absolute Gasteiger partial charge is 0.372 e. The molecule has 0 spiro atoms. The SMILES string of the molecule is Cc1cccc(C)c1CCCCCC1=NCCN1. The summed E-state index contributed by atoms with van der Waals surface area (Å²) in [6.07, 6.45) is 6.20. The zero-order valence-corrected chi connectivity index (χ0v) is 11.6. The maximum Gasteiger partial charge on any atom is 0.0964 e. The minimum Gasteiger partial charge on any atom is -0.372 e. The lowest BCUT2D eigenvalue weighted by atomic mass is 9.97. The molecule has 2 rings (SSSR count). The molecule has 0 radical (unpaired) electrons. The highest BCUT2D eigenvalue weighted by Crippen LogP contribution is 2.16. The topological polar surface area (TPSA) is 24.4 Å². The lowest BCUT2D eigenvalue weighted by Crippen LogP contribution is -2.17. The van der Waals surface area contributed by atoms with Gasteiger partial charge in [0.2, 0.25) is 0 Å². The quantitative estimate of drug-likeness (QED) is 0.762. The van der Waals surface area contributed by atoms with Gasteiger partial charge in [0, 0.05) is 13.0 Å². The van der Waals surface area contributed by atoms with Crippen molar-refractivity contribution in [2.24, 2.45) is 4.99 Å². The number of aryl methyl sites for hydroxylation is 2. The normalized spacial score (nSPS) is 14.4. The van der Waals surface area contributed by atoms with Crippen LogP contribution in [0.4, 0.5) is 0 Å². The summed E-state index contributed by atoms with van der Waals surface area (Å²) in [6.45, 7) is 6.45. The fourth-order valence-electron chi connectivity index (χ4n) is 2.63. The van der Waals surface area contributed by atoms with Crippen molar-refractivity contribution in [3.63, 3.8) is 0 Å². The Morgan fingerprint density at radius 3 is 2.44 bits per heavy atom. The van der Waals surface area contributed by atoms with Gasteiger partial charge in [-0.25, -0.2) is 0 Å². The molecule has 0 saturated heterocycles. The zero-order valence-electron chi connectivity index (χ0n) is 11.6. The second-order valence-electron chi connectivity index (χ2n) is 5.19. The maximum absolute atomic E-state index is 4.43. The van der Waals surface area contributed by atoms with Gasteiger partial charge >= 0.3 is 0 Å². The standard InChI is InChI=1S/C16H24N2/c1-13-7-6-8-14(2)15(13)9-4-3-5-10-16-17-11-12-18-16/h6-8H,3-5,9-12H2,1-2H3,(H,17,18). The predicted molar refractivity (Wildman–Crippen MR) is 78.4 cm³/mol. The summed E-state index contributed by atoms with van der Waals surface area (Å²) in [5.74, 6) is 1.22. The number of hydrogen-bond donors (Lipinski definition) is 1. The van der Waals surface area contributed by atoms with Gasteiger partial charge in [0.05, 0.1) is 12.4 Å². The van der Waals surface area contributed by atoms with E-state index in [4.69, 9.17) is 0 Å². The van der Waals surface area contributed by atoms with Crippen molar-refractivity contribution in [2.75, 3.05) is 13.1 Å². The monoisotopic (exact) mass is 244 g/mol. The smallest absolute Gasteiger partial charge is 0.0964 e. The van der Waals surface area contributed by atoms with Gasteiger partial charge in [0.25, 0.3) is 0 Å². The van der Waals surface area contributed by atoms with Crippen LogP contribution in [0.15, 0.2) is 23.2 Å². The summed E-state index contributed by atoms with van der Waals surface area (Å²) in [4.78, 5) is 4.43. The fourth-order valence-corrected chi connectivity index (χ4v) is 2.63. The Bertz CT molecular complexity index is 401. The number of benzene rings is 1. The molecule has 1 heterocycles. The Hall–Kier alpha value is -1.31. The number of amidine groups is 1. The Kier molecular flexibility index (Phi) is 4.80. The molecular weight excluding hydrogens is 220 g/mol. The van der Waals surface area contributed by atoms with E-state index in [-0.39, 0.29) is 0 Å². The number of unbranched alkanes of at least 4 members (excludes halogenated alkanes) is 2. The molecule has 2 nitrogen and oxygen atoms in total. The molecule has 1 aromatic carbocycles. The van der Waals surface area contributed by atoms with Gasteiger partial charge in [0.15, 0.2) is 0 Å². The summed E-state index contributed by atoms with van der Waals surface area (Å²) < 4.78 is 0. The van der Waals surface area contributed by atoms with Crippen molar-refractivity contribution in [1.82, 2.24) is 5.32 Å². The van der Waals surface area contributed by atoms with Crippen LogP contribution in [0.3, 0.4) is 0 Å². The average molecular weight is 244 g/mol. The molecule has 2 heteroatoms. The molecule has 1 aliphatic rings. The fraction of sp³-hybridized carbons (Fsp3) is 0.562. The molecule has 1 aliphatic heterocycles. The van der Waals surface area contributed by atoms with Crippen LogP contribution in [0.2, 0.25) is 0 Å². The zero-order chi connectivity index (χ0) is 12.8. The highest BCUT2D eigenvalue weighted by atomic mass is 15.1. The van der Waals surface area contributed by atoms with E-state index in [2.05, 4.69) is 42.4 Å². The van der Waals surface area contributed by atoms with Crippen molar-refractivity contribution in [2.45, 2.75) is 46.0 Å². The molecule has 0 unspecified atom stereocenters. The van der Waals surface area contributed by atoms with Crippen molar-refractivity contribution < 1.29 is 0 Å². The highest BCUT2D eigenvalue weighted by molar-refractivity contribution is 5.83. The minimum atomic E-state index is 0.970. The first-order valence-corrected chi connectivity index (χ1v) is 7.09. The second-order valence-corrected chi connectivity index (χ2v) is 5.19. The summed E-state index contributed by atoms with van der Waals surface area (Å²) in [6, 6.07) is 6.59. The average Bonchev–Trinajstić information content (AvgIpc) is 2.85. The number of rotatable bonds is 6. The summed E-state index contributed by atoms with van der Waals surface area (Å²) >= 11 is 0. The van der Waals surface area contributed by atoms with E-state index in [1.807, 2.05) is 0 Å². The summed E-state index contributed by atoms with van der Waals surface area (Å²) in [7, 11) is 0. The molecule has 0 atom stereocenters. The van der Waals surface area contributed by atoms with Gasteiger partial charge < -0.3 is 5.32 Å². The molecule has 18 heavy (non-hydrogen) atoms. The first-order valence-electron chi connectivity index (χ1n) is 7.09. The Balaban J connectivity index is 1.69. The van der Waals surface area contributed by atoms with Crippen LogP contribution in [0.25, 0.3) is 0 Å².